The number of aryl methyl sites for hydroxylation is 1. The Morgan fingerprint density at radius 1 is 1.13 bits per heavy atom. The number of aromatic nitrogens is 1. The van der Waals surface area contributed by atoms with Crippen molar-refractivity contribution in [3.63, 3.8) is 0 Å². The molecule has 3 rings (SSSR count). The normalized spacial score (nSPS) is 10.2. The second-order valence-corrected chi connectivity index (χ2v) is 6.49. The molecule has 0 unspecified atom stereocenters. The minimum Gasteiger partial charge on any atom is -0.495 e. The summed E-state index contributed by atoms with van der Waals surface area (Å²) >= 11 is 0. The zero-order valence-corrected chi connectivity index (χ0v) is 17.2. The van der Waals surface area contributed by atoms with Gasteiger partial charge in [0.25, 0.3) is 5.91 Å². The molecule has 0 spiro atoms. The lowest BCUT2D eigenvalue weighted by atomic mass is 10.2. The van der Waals surface area contributed by atoms with Crippen LogP contribution >= 0.6 is 0 Å². The number of rotatable bonds is 8. The highest BCUT2D eigenvalue weighted by atomic mass is 16.5. The average molecular weight is 419 g/mol. The molecule has 0 bridgehead atoms. The molecule has 2 aromatic carbocycles. The van der Waals surface area contributed by atoms with Gasteiger partial charge in [0.15, 0.2) is 12.3 Å². The Balaban J connectivity index is 1.73. The number of carbonyl (C=O) groups is 2. The highest BCUT2D eigenvalue weighted by molar-refractivity contribution is 5.98. The van der Waals surface area contributed by atoms with Crippen molar-refractivity contribution >= 4 is 17.6 Å². The Morgan fingerprint density at radius 2 is 1.84 bits per heavy atom. The fourth-order valence-corrected chi connectivity index (χ4v) is 2.96. The van der Waals surface area contributed by atoms with Crippen molar-refractivity contribution in [2.24, 2.45) is 0 Å². The SMILES string of the molecule is COc1ccccc1N(CCC#N)C(=O)COC(=O)c1nc(-c2ccccc2)oc1C. The highest BCUT2D eigenvalue weighted by Crippen LogP contribution is 2.28. The Kier molecular flexibility index (Phi) is 7.01. The number of carbonyl (C=O) groups excluding carboxylic acids is 2. The summed E-state index contributed by atoms with van der Waals surface area (Å²) < 4.78 is 16.1. The van der Waals surface area contributed by atoms with Gasteiger partial charge in [-0.05, 0) is 31.2 Å². The van der Waals surface area contributed by atoms with Crippen molar-refractivity contribution in [2.45, 2.75) is 13.3 Å². The summed E-state index contributed by atoms with van der Waals surface area (Å²) in [5, 5.41) is 8.94. The number of nitrogens with zero attached hydrogens (tertiary/aromatic N) is 3. The van der Waals surface area contributed by atoms with E-state index in [2.05, 4.69) is 4.98 Å². The van der Waals surface area contributed by atoms with E-state index in [0.29, 0.717) is 23.1 Å². The van der Waals surface area contributed by atoms with Crippen molar-refractivity contribution in [1.82, 2.24) is 4.98 Å². The maximum absolute atomic E-state index is 12.8. The van der Waals surface area contributed by atoms with Gasteiger partial charge in [0.2, 0.25) is 5.89 Å². The van der Waals surface area contributed by atoms with Crippen LogP contribution in [0.4, 0.5) is 5.69 Å². The third-order valence-electron chi connectivity index (χ3n) is 4.46. The van der Waals surface area contributed by atoms with E-state index in [9.17, 15) is 9.59 Å². The smallest absolute Gasteiger partial charge is 0.361 e. The van der Waals surface area contributed by atoms with E-state index < -0.39 is 18.5 Å². The van der Waals surface area contributed by atoms with Crippen molar-refractivity contribution in [2.75, 3.05) is 25.2 Å². The number of anilines is 1. The molecular formula is C23H21N3O5. The topological polar surface area (TPSA) is 106 Å². The first-order valence-electron chi connectivity index (χ1n) is 9.55. The first-order chi connectivity index (χ1) is 15.0. The average Bonchev–Trinajstić information content (AvgIpc) is 3.20. The monoisotopic (exact) mass is 419 g/mol. The number of nitriles is 1. The first kappa shape index (κ1) is 21.6. The van der Waals surface area contributed by atoms with Crippen LogP contribution in [0.1, 0.15) is 22.7 Å². The standard InChI is InChI=1S/C23H21N3O5/c1-16-21(25-22(31-16)17-9-4-3-5-10-17)23(28)30-15-20(27)26(14-8-13-24)18-11-6-7-12-19(18)29-2/h3-7,9-12H,8,14-15H2,1-2H3. The largest absolute Gasteiger partial charge is 0.495 e. The molecule has 31 heavy (non-hydrogen) atoms. The summed E-state index contributed by atoms with van der Waals surface area (Å²) in [4.78, 5) is 30.9. The van der Waals surface area contributed by atoms with Crippen LogP contribution in [-0.4, -0.2) is 37.1 Å². The van der Waals surface area contributed by atoms with Gasteiger partial charge in [0.05, 0.1) is 25.3 Å². The first-order valence-corrected chi connectivity index (χ1v) is 9.55. The lowest BCUT2D eigenvalue weighted by Gasteiger charge is -2.23. The Labute approximate surface area is 179 Å². The minimum absolute atomic E-state index is 0.00696. The van der Waals surface area contributed by atoms with E-state index in [-0.39, 0.29) is 18.7 Å². The second kappa shape index (κ2) is 10.1. The molecule has 3 aromatic rings. The van der Waals surface area contributed by atoms with E-state index in [1.54, 1.807) is 31.2 Å². The molecule has 1 aromatic heterocycles. The van der Waals surface area contributed by atoms with Gasteiger partial charge in [-0.25, -0.2) is 9.78 Å². The molecule has 1 heterocycles. The molecule has 0 saturated heterocycles. The molecule has 0 radical (unpaired) electrons. The van der Waals surface area contributed by atoms with Crippen LogP contribution in [0.5, 0.6) is 5.75 Å². The van der Waals surface area contributed by atoms with Gasteiger partial charge in [0, 0.05) is 12.1 Å². The third kappa shape index (κ3) is 5.08. The van der Waals surface area contributed by atoms with Gasteiger partial charge in [-0.15, -0.1) is 0 Å². The molecule has 0 N–H and O–H groups in total. The van der Waals surface area contributed by atoms with E-state index in [1.807, 2.05) is 36.4 Å². The van der Waals surface area contributed by atoms with Crippen molar-refractivity contribution in [3.8, 4) is 23.3 Å². The number of esters is 1. The van der Waals surface area contributed by atoms with E-state index >= 15 is 0 Å². The van der Waals surface area contributed by atoms with E-state index in [4.69, 9.17) is 19.2 Å². The van der Waals surface area contributed by atoms with Crippen molar-refractivity contribution in [3.05, 3.63) is 66.1 Å². The molecule has 1 amide bonds. The predicted octanol–water partition coefficient (Wildman–Crippen LogP) is 3.76. The van der Waals surface area contributed by atoms with Gasteiger partial charge in [-0.1, -0.05) is 30.3 Å². The quantitative estimate of drug-likeness (QED) is 0.512. The number of hydrogen-bond acceptors (Lipinski definition) is 7. The van der Waals surface area contributed by atoms with Crippen LogP contribution in [0.2, 0.25) is 0 Å². The van der Waals surface area contributed by atoms with Crippen LogP contribution < -0.4 is 9.64 Å². The summed E-state index contributed by atoms with van der Waals surface area (Å²) in [6.07, 6.45) is 0.112. The number of hydrogen-bond donors (Lipinski definition) is 0. The zero-order chi connectivity index (χ0) is 22.2. The number of benzene rings is 2. The molecule has 0 aliphatic rings. The Morgan fingerprint density at radius 3 is 2.55 bits per heavy atom. The fourth-order valence-electron chi connectivity index (χ4n) is 2.96. The third-order valence-corrected chi connectivity index (χ3v) is 4.46. The molecule has 0 saturated carbocycles. The van der Waals surface area contributed by atoms with Gasteiger partial charge in [-0.2, -0.15) is 5.26 Å². The van der Waals surface area contributed by atoms with Crippen molar-refractivity contribution < 1.29 is 23.5 Å². The van der Waals surface area contributed by atoms with Gasteiger partial charge >= 0.3 is 5.97 Å². The molecule has 158 valence electrons. The van der Waals surface area contributed by atoms with Gasteiger partial charge in [0.1, 0.15) is 11.5 Å². The van der Waals surface area contributed by atoms with Crippen LogP contribution in [-0.2, 0) is 9.53 Å². The molecule has 8 heteroatoms. The number of para-hydroxylation sites is 2. The second-order valence-electron chi connectivity index (χ2n) is 6.49. The van der Waals surface area contributed by atoms with E-state index in [0.717, 1.165) is 5.56 Å². The number of oxazole rings is 1. The van der Waals surface area contributed by atoms with Crippen LogP contribution in [0.15, 0.2) is 59.0 Å². The maximum atomic E-state index is 12.8. The fraction of sp³-hybridized carbons (Fsp3) is 0.217. The lowest BCUT2D eigenvalue weighted by Crippen LogP contribution is -2.35. The van der Waals surface area contributed by atoms with Crippen LogP contribution in [0, 0.1) is 18.3 Å². The predicted molar refractivity (Wildman–Crippen MR) is 113 cm³/mol. The van der Waals surface area contributed by atoms with Gasteiger partial charge < -0.3 is 18.8 Å². The molecule has 8 nitrogen and oxygen atoms in total. The number of amides is 1. The summed E-state index contributed by atoms with van der Waals surface area (Å²) in [7, 11) is 1.49. The van der Waals surface area contributed by atoms with Crippen LogP contribution in [0.25, 0.3) is 11.5 Å². The minimum atomic E-state index is -0.767. The van der Waals surface area contributed by atoms with E-state index in [1.165, 1.54) is 12.0 Å². The molecule has 0 fully saturated rings. The van der Waals surface area contributed by atoms with Crippen LogP contribution in [0.3, 0.4) is 0 Å². The summed E-state index contributed by atoms with van der Waals surface area (Å²) in [6, 6.07) is 18.1. The summed E-state index contributed by atoms with van der Waals surface area (Å²) in [5.41, 5.74) is 1.22. The molecule has 0 aliphatic heterocycles. The number of ether oxygens (including phenoxy) is 2. The Hall–Kier alpha value is -4.12. The highest BCUT2D eigenvalue weighted by Gasteiger charge is 2.24. The number of methoxy groups -OCH3 is 1. The van der Waals surface area contributed by atoms with Gasteiger partial charge in [-0.3, -0.25) is 4.79 Å². The lowest BCUT2D eigenvalue weighted by molar-refractivity contribution is -0.121. The molecule has 0 aliphatic carbocycles. The summed E-state index contributed by atoms with van der Waals surface area (Å²) in [6.45, 7) is 1.22. The zero-order valence-electron chi connectivity index (χ0n) is 17.2. The molecular weight excluding hydrogens is 398 g/mol. The Bertz CT molecular complexity index is 1100. The maximum Gasteiger partial charge on any atom is 0.361 e. The summed E-state index contributed by atoms with van der Waals surface area (Å²) in [5.74, 6) is -0.196. The van der Waals surface area contributed by atoms with Crippen molar-refractivity contribution in [1.29, 1.82) is 5.26 Å². The molecule has 0 atom stereocenters.